The number of nitrogens with zero attached hydrogens (tertiary/aromatic N) is 2. The first-order chi connectivity index (χ1) is 13.6. The van der Waals surface area contributed by atoms with E-state index in [0.29, 0.717) is 43.1 Å². The van der Waals surface area contributed by atoms with E-state index in [1.165, 1.54) is 21.1 Å². The van der Waals surface area contributed by atoms with Crippen molar-refractivity contribution in [1.82, 2.24) is 4.68 Å². The fourth-order valence-electron chi connectivity index (χ4n) is 3.11. The molecule has 29 heavy (non-hydrogen) atoms. The Bertz CT molecular complexity index is 1090. The predicted molar refractivity (Wildman–Crippen MR) is 122 cm³/mol. The van der Waals surface area contributed by atoms with Crippen molar-refractivity contribution in [3.05, 3.63) is 68.2 Å². The Balaban J connectivity index is 2.29. The highest BCUT2D eigenvalue weighted by molar-refractivity contribution is 7.98. The molecule has 1 aromatic heterocycles. The molecule has 3 aromatic rings. The molecule has 152 valence electrons. The number of anilines is 1. The van der Waals surface area contributed by atoms with Crippen molar-refractivity contribution in [2.45, 2.75) is 31.7 Å². The Morgan fingerprint density at radius 1 is 1.10 bits per heavy atom. The number of carbonyl (C=O) groups is 1. The number of aromatic nitrogens is 2. The summed E-state index contributed by atoms with van der Waals surface area (Å²) in [6, 6.07) is 10.8. The van der Waals surface area contributed by atoms with Gasteiger partial charge in [-0.15, -0.1) is 21.1 Å². The zero-order valence-corrected chi connectivity index (χ0v) is 19.5. The van der Waals surface area contributed by atoms with Crippen molar-refractivity contribution in [2.75, 3.05) is 12.0 Å². The second-order valence-corrected chi connectivity index (χ2v) is 9.06. The zero-order valence-electron chi connectivity index (χ0n) is 16.5. The Labute approximate surface area is 189 Å². The lowest BCUT2D eigenvalue weighted by molar-refractivity contribution is -0.660. The van der Waals surface area contributed by atoms with E-state index in [1.54, 1.807) is 18.2 Å². The van der Waals surface area contributed by atoms with E-state index < -0.39 is 0 Å². The summed E-state index contributed by atoms with van der Waals surface area (Å²) in [6.45, 7) is 6.09. The fourth-order valence-corrected chi connectivity index (χ4v) is 4.66. The highest BCUT2D eigenvalue weighted by Gasteiger charge is 2.30. The van der Waals surface area contributed by atoms with Crippen LogP contribution in [-0.2, 0) is 0 Å². The third-order valence-electron chi connectivity index (χ3n) is 4.68. The van der Waals surface area contributed by atoms with E-state index >= 15 is 0 Å². The van der Waals surface area contributed by atoms with Gasteiger partial charge in [-0.05, 0) is 48.4 Å². The van der Waals surface area contributed by atoms with Gasteiger partial charge in [0.2, 0.25) is 0 Å². The second-order valence-electron chi connectivity index (χ2n) is 6.99. The van der Waals surface area contributed by atoms with Gasteiger partial charge >= 0.3 is 0 Å². The van der Waals surface area contributed by atoms with Crippen LogP contribution in [0.4, 0.5) is 5.82 Å². The molecule has 0 aliphatic rings. The standard InChI is InChI=1S/C21H20Cl3N3OS/c1-11(2)13-6-5-12(3)15(7-13)21(28)27-19(29-4)10-18(25)26(27)20-16(23)8-14(22)9-17(20)24/h5-11,25H,1-4H3/p+1. The van der Waals surface area contributed by atoms with E-state index in [0.717, 1.165) is 11.1 Å². The van der Waals surface area contributed by atoms with Crippen LogP contribution in [0.1, 0.15) is 41.3 Å². The fraction of sp³-hybridized carbons (Fsp3) is 0.238. The molecular weight excluding hydrogens is 449 g/mol. The van der Waals surface area contributed by atoms with E-state index in [4.69, 9.17) is 40.5 Å². The predicted octanol–water partition coefficient (Wildman–Crippen LogP) is 6.15. The number of nitrogens with two attached hydrogens (primary N) is 1. The van der Waals surface area contributed by atoms with Gasteiger partial charge in [0.15, 0.2) is 5.69 Å². The van der Waals surface area contributed by atoms with Crippen LogP contribution in [0.2, 0.25) is 15.1 Å². The van der Waals surface area contributed by atoms with Gasteiger partial charge in [0.1, 0.15) is 5.03 Å². The van der Waals surface area contributed by atoms with Crippen molar-refractivity contribution in [3.8, 4) is 5.69 Å². The van der Waals surface area contributed by atoms with Crippen molar-refractivity contribution in [3.63, 3.8) is 0 Å². The molecule has 0 spiro atoms. The van der Waals surface area contributed by atoms with E-state index in [9.17, 15) is 4.79 Å². The summed E-state index contributed by atoms with van der Waals surface area (Å²) in [4.78, 5) is 13.7. The molecule has 0 atom stereocenters. The maximum atomic E-state index is 13.7. The van der Waals surface area contributed by atoms with Crippen LogP contribution >= 0.6 is 46.6 Å². The van der Waals surface area contributed by atoms with Crippen molar-refractivity contribution in [2.24, 2.45) is 0 Å². The summed E-state index contributed by atoms with van der Waals surface area (Å²) in [7, 11) is 0. The zero-order chi connectivity index (χ0) is 21.5. The Morgan fingerprint density at radius 2 is 1.72 bits per heavy atom. The largest absolute Gasteiger partial charge is 0.300 e. The molecule has 1 heterocycles. The minimum atomic E-state index is -0.215. The molecule has 8 heteroatoms. The normalized spacial score (nSPS) is 11.3. The van der Waals surface area contributed by atoms with Crippen LogP contribution in [0.3, 0.4) is 0 Å². The van der Waals surface area contributed by atoms with Crippen molar-refractivity contribution in [1.29, 1.82) is 0 Å². The summed E-state index contributed by atoms with van der Waals surface area (Å²) in [5, 5.41) is 1.67. The average Bonchev–Trinajstić information content (AvgIpc) is 2.97. The third-order valence-corrected chi connectivity index (χ3v) is 6.18. The molecule has 3 rings (SSSR count). The van der Waals surface area contributed by atoms with Crippen LogP contribution in [0.15, 0.2) is 41.4 Å². The molecular formula is C21H21Cl3N3OS+. The van der Waals surface area contributed by atoms with Gasteiger partial charge in [-0.2, -0.15) is 0 Å². The van der Waals surface area contributed by atoms with Gasteiger partial charge < -0.3 is 0 Å². The van der Waals surface area contributed by atoms with E-state index in [2.05, 4.69) is 13.8 Å². The second kappa shape index (κ2) is 8.60. The van der Waals surface area contributed by atoms with Crippen molar-refractivity contribution < 1.29 is 9.48 Å². The number of halogens is 3. The number of aryl methyl sites for hydroxylation is 1. The van der Waals surface area contributed by atoms with Crippen LogP contribution < -0.4 is 10.4 Å². The molecule has 2 N–H and O–H groups in total. The van der Waals surface area contributed by atoms with Crippen molar-refractivity contribution >= 4 is 58.3 Å². The number of thioether (sulfide) groups is 1. The summed E-state index contributed by atoms with van der Waals surface area (Å²) >= 11 is 20.3. The maximum absolute atomic E-state index is 13.7. The first-order valence-corrected chi connectivity index (χ1v) is 11.3. The Hall–Kier alpha value is -1.66. The molecule has 0 aliphatic heterocycles. The van der Waals surface area contributed by atoms with Crippen LogP contribution in [0.25, 0.3) is 5.69 Å². The van der Waals surface area contributed by atoms with Crippen LogP contribution in [0.5, 0.6) is 0 Å². The summed E-state index contributed by atoms with van der Waals surface area (Å²) < 4.78 is 3.05. The molecule has 0 amide bonds. The van der Waals surface area contributed by atoms with E-state index in [-0.39, 0.29) is 5.91 Å². The lowest BCUT2D eigenvalue weighted by Crippen LogP contribution is -2.47. The highest BCUT2D eigenvalue weighted by atomic mass is 35.5. The third kappa shape index (κ3) is 4.15. The molecule has 0 fully saturated rings. The summed E-state index contributed by atoms with van der Waals surface area (Å²) in [5.74, 6) is 0.420. The smallest absolute Gasteiger partial charge is 0.285 e. The summed E-state index contributed by atoms with van der Waals surface area (Å²) in [5.41, 5.74) is 9.24. The van der Waals surface area contributed by atoms with Gasteiger partial charge in [-0.1, -0.05) is 60.8 Å². The number of hydrogen-bond donors (Lipinski definition) is 1. The first-order valence-electron chi connectivity index (χ1n) is 8.93. The Morgan fingerprint density at radius 3 is 2.28 bits per heavy atom. The van der Waals surface area contributed by atoms with Gasteiger partial charge in [-0.3, -0.25) is 10.5 Å². The first kappa shape index (κ1) is 22.0. The quantitative estimate of drug-likeness (QED) is 0.368. The SMILES string of the molecule is CSc1cc(N)[n+](-c2c(Cl)cc(Cl)cc2Cl)n1C(=O)c1cc(C(C)C)ccc1C. The molecule has 0 unspecified atom stereocenters. The summed E-state index contributed by atoms with van der Waals surface area (Å²) in [6.07, 6.45) is 1.88. The minimum Gasteiger partial charge on any atom is -0.285 e. The minimum absolute atomic E-state index is 0.215. The molecule has 0 saturated carbocycles. The number of hydrogen-bond acceptors (Lipinski definition) is 3. The molecule has 0 aliphatic carbocycles. The lowest BCUT2D eigenvalue weighted by Gasteiger charge is -2.14. The van der Waals surface area contributed by atoms with Gasteiger partial charge in [-0.25, -0.2) is 0 Å². The maximum Gasteiger partial charge on any atom is 0.300 e. The van der Waals surface area contributed by atoms with Gasteiger partial charge in [0, 0.05) is 10.6 Å². The van der Waals surface area contributed by atoms with Gasteiger partial charge in [0.25, 0.3) is 11.7 Å². The van der Waals surface area contributed by atoms with E-state index in [1.807, 2.05) is 31.4 Å². The number of rotatable bonds is 4. The number of carbonyl (C=O) groups excluding carboxylic acids is 1. The molecule has 2 aromatic carbocycles. The molecule has 4 nitrogen and oxygen atoms in total. The average molecular weight is 470 g/mol. The Kier molecular flexibility index (Phi) is 6.54. The monoisotopic (exact) mass is 468 g/mol. The molecule has 0 saturated heterocycles. The topological polar surface area (TPSA) is 51.9 Å². The molecule has 0 radical (unpaired) electrons. The lowest BCUT2D eigenvalue weighted by atomic mass is 9.97. The van der Waals surface area contributed by atoms with Gasteiger partial charge in [0.05, 0.1) is 16.1 Å². The number of nitrogen functional groups attached to an aromatic ring is 1. The highest BCUT2D eigenvalue weighted by Crippen LogP contribution is 2.31. The molecule has 0 bridgehead atoms. The number of benzene rings is 2. The van der Waals surface area contributed by atoms with Crippen LogP contribution in [0, 0.1) is 6.92 Å². The van der Waals surface area contributed by atoms with Crippen LogP contribution in [-0.4, -0.2) is 16.8 Å².